The van der Waals surface area contributed by atoms with Gasteiger partial charge in [-0.05, 0) is 52.5 Å². The molecule has 1 atom stereocenters. The van der Waals surface area contributed by atoms with E-state index >= 15 is 0 Å². The number of aromatic nitrogens is 2. The molecule has 0 saturated heterocycles. The largest absolute Gasteiger partial charge is 0.465 e. The van der Waals surface area contributed by atoms with E-state index in [2.05, 4.69) is 30.5 Å². The minimum atomic E-state index is -2.27. The van der Waals surface area contributed by atoms with Crippen LogP contribution in [0.25, 0.3) is 0 Å². The van der Waals surface area contributed by atoms with Crippen LogP contribution in [0.15, 0.2) is 24.3 Å². The molecule has 2 aromatic rings. The summed E-state index contributed by atoms with van der Waals surface area (Å²) in [5, 5.41) is 0. The van der Waals surface area contributed by atoms with Crippen LogP contribution in [-0.4, -0.2) is 47.3 Å². The number of nitrogens with zero attached hydrogens (tertiary/aromatic N) is 2. The Morgan fingerprint density at radius 3 is 1.97 bits per heavy atom. The normalized spacial score (nSPS) is 15.4. The molecule has 0 fully saturated rings. The summed E-state index contributed by atoms with van der Waals surface area (Å²) in [5.74, 6) is -2.71. The van der Waals surface area contributed by atoms with Gasteiger partial charge in [0.1, 0.15) is 5.82 Å². The van der Waals surface area contributed by atoms with E-state index in [9.17, 15) is 14.4 Å². The Morgan fingerprint density at radius 2 is 1.50 bits per heavy atom. The van der Waals surface area contributed by atoms with Crippen LogP contribution in [0.3, 0.4) is 0 Å². The number of fused-ring (bicyclic) bond motifs is 1. The quantitative estimate of drug-likeness (QED) is 0.271. The lowest BCUT2D eigenvalue weighted by Crippen LogP contribution is -2.54. The van der Waals surface area contributed by atoms with Gasteiger partial charge in [0, 0.05) is 24.1 Å². The molecule has 196 valence electrons. The summed E-state index contributed by atoms with van der Waals surface area (Å²) in [4.78, 5) is 45.8. The fourth-order valence-electron chi connectivity index (χ4n) is 5.03. The van der Waals surface area contributed by atoms with Crippen LogP contribution < -0.4 is 0 Å². The fourth-order valence-corrected chi connectivity index (χ4v) is 5.03. The van der Waals surface area contributed by atoms with Gasteiger partial charge in [0.05, 0.1) is 25.5 Å². The first-order valence-electron chi connectivity index (χ1n) is 12.9. The van der Waals surface area contributed by atoms with Gasteiger partial charge in [-0.15, -0.1) is 0 Å². The summed E-state index contributed by atoms with van der Waals surface area (Å²) in [6, 6.07) is 8.20. The minimum absolute atomic E-state index is 0.0127. The third kappa shape index (κ3) is 5.04. The molecular formula is C28H38N2O6. The van der Waals surface area contributed by atoms with Gasteiger partial charge >= 0.3 is 17.9 Å². The molecule has 1 aliphatic carbocycles. The number of carbonyl (C=O) groups excluding carboxylic acids is 3. The van der Waals surface area contributed by atoms with Crippen molar-refractivity contribution >= 4 is 17.9 Å². The van der Waals surface area contributed by atoms with E-state index in [0.717, 1.165) is 22.6 Å². The summed E-state index contributed by atoms with van der Waals surface area (Å²) in [6.07, 6.45) is 1.77. The van der Waals surface area contributed by atoms with E-state index in [0.29, 0.717) is 31.5 Å². The Kier molecular flexibility index (Phi) is 8.93. The lowest BCUT2D eigenvalue weighted by Gasteiger charge is -2.37. The molecule has 1 heterocycles. The Morgan fingerprint density at radius 1 is 0.972 bits per heavy atom. The van der Waals surface area contributed by atoms with Gasteiger partial charge in [-0.1, -0.05) is 43.7 Å². The van der Waals surface area contributed by atoms with E-state index in [4.69, 9.17) is 19.2 Å². The second-order valence-corrected chi connectivity index (χ2v) is 9.44. The first-order chi connectivity index (χ1) is 17.2. The maximum absolute atomic E-state index is 13.6. The predicted octanol–water partition coefficient (Wildman–Crippen LogP) is 4.46. The molecule has 8 nitrogen and oxygen atoms in total. The molecule has 1 aromatic carbocycles. The molecule has 0 amide bonds. The molecule has 0 aliphatic heterocycles. The summed E-state index contributed by atoms with van der Waals surface area (Å²) in [7, 11) is 0. The molecule has 36 heavy (non-hydrogen) atoms. The van der Waals surface area contributed by atoms with E-state index in [1.54, 1.807) is 20.8 Å². The van der Waals surface area contributed by atoms with Crippen LogP contribution in [0.4, 0.5) is 0 Å². The average molecular weight is 499 g/mol. The first kappa shape index (κ1) is 27.4. The monoisotopic (exact) mass is 498 g/mol. The van der Waals surface area contributed by atoms with Crippen molar-refractivity contribution in [3.63, 3.8) is 0 Å². The van der Waals surface area contributed by atoms with Crippen LogP contribution in [0.1, 0.15) is 87.6 Å². The molecule has 3 rings (SSSR count). The van der Waals surface area contributed by atoms with Crippen molar-refractivity contribution in [2.24, 2.45) is 5.41 Å². The van der Waals surface area contributed by atoms with Crippen molar-refractivity contribution in [1.29, 1.82) is 0 Å². The lowest BCUT2D eigenvalue weighted by atomic mass is 9.68. The lowest BCUT2D eigenvalue weighted by molar-refractivity contribution is -0.186. The highest BCUT2D eigenvalue weighted by Gasteiger charge is 2.64. The highest BCUT2D eigenvalue weighted by Crippen LogP contribution is 2.48. The zero-order chi connectivity index (χ0) is 26.5. The second kappa shape index (κ2) is 11.7. The van der Waals surface area contributed by atoms with Crippen LogP contribution in [0.2, 0.25) is 0 Å². The zero-order valence-corrected chi connectivity index (χ0v) is 22.3. The van der Waals surface area contributed by atoms with E-state index in [1.165, 1.54) is 0 Å². The van der Waals surface area contributed by atoms with E-state index < -0.39 is 29.2 Å². The van der Waals surface area contributed by atoms with Crippen molar-refractivity contribution < 1.29 is 28.6 Å². The maximum Gasteiger partial charge on any atom is 0.335 e. The van der Waals surface area contributed by atoms with Gasteiger partial charge in [-0.25, -0.2) is 4.98 Å². The number of benzene rings is 1. The number of carbonyl (C=O) groups is 3. The number of hydrogen-bond acceptors (Lipinski definition) is 7. The van der Waals surface area contributed by atoms with E-state index in [1.807, 2.05) is 19.1 Å². The van der Waals surface area contributed by atoms with Crippen LogP contribution in [0.5, 0.6) is 0 Å². The molecule has 0 radical (unpaired) electrons. The van der Waals surface area contributed by atoms with Gasteiger partial charge in [0.2, 0.25) is 0 Å². The maximum atomic E-state index is 13.6. The van der Waals surface area contributed by atoms with Crippen molar-refractivity contribution in [2.45, 2.75) is 79.2 Å². The molecule has 1 unspecified atom stereocenters. The SMILES string of the molecule is CCOC(=O)C(C(=O)OCC)(C(=O)OCC)C1CCCc2nc(C(C)C)n(Cc3ccc(C)cc3)c21. The molecule has 8 heteroatoms. The van der Waals surface area contributed by atoms with Gasteiger partial charge in [0.25, 0.3) is 5.41 Å². The summed E-state index contributed by atoms with van der Waals surface area (Å²) >= 11 is 0. The zero-order valence-electron chi connectivity index (χ0n) is 22.3. The van der Waals surface area contributed by atoms with E-state index in [-0.39, 0.29) is 25.7 Å². The highest BCUT2D eigenvalue weighted by molar-refractivity contribution is 6.19. The summed E-state index contributed by atoms with van der Waals surface area (Å²) in [5.41, 5.74) is 1.45. The van der Waals surface area contributed by atoms with Crippen molar-refractivity contribution in [3.8, 4) is 0 Å². The van der Waals surface area contributed by atoms with Crippen molar-refractivity contribution in [2.75, 3.05) is 19.8 Å². The van der Waals surface area contributed by atoms with Gasteiger partial charge < -0.3 is 18.8 Å². The van der Waals surface area contributed by atoms with Crippen LogP contribution in [0, 0.1) is 12.3 Å². The summed E-state index contributed by atoms with van der Waals surface area (Å²) in [6.45, 7) is 11.6. The number of imidazole rings is 1. The Hall–Kier alpha value is -3.16. The molecule has 0 spiro atoms. The number of rotatable bonds is 10. The first-order valence-corrected chi connectivity index (χ1v) is 12.9. The predicted molar refractivity (Wildman–Crippen MR) is 135 cm³/mol. The molecule has 1 aliphatic rings. The average Bonchev–Trinajstić information content (AvgIpc) is 3.21. The smallest absolute Gasteiger partial charge is 0.335 e. The van der Waals surface area contributed by atoms with Gasteiger partial charge in [-0.3, -0.25) is 14.4 Å². The number of ether oxygens (including phenoxy) is 3. The molecular weight excluding hydrogens is 460 g/mol. The number of esters is 3. The summed E-state index contributed by atoms with van der Waals surface area (Å²) < 4.78 is 18.2. The van der Waals surface area contributed by atoms with Gasteiger partial charge in [-0.2, -0.15) is 0 Å². The van der Waals surface area contributed by atoms with Gasteiger partial charge in [0.15, 0.2) is 0 Å². The fraction of sp³-hybridized carbons (Fsp3) is 0.571. The van der Waals surface area contributed by atoms with Crippen molar-refractivity contribution in [3.05, 3.63) is 52.6 Å². The highest BCUT2D eigenvalue weighted by atomic mass is 16.6. The van der Waals surface area contributed by atoms with Crippen LogP contribution >= 0.6 is 0 Å². The van der Waals surface area contributed by atoms with Crippen molar-refractivity contribution in [1.82, 2.24) is 9.55 Å². The Labute approximate surface area is 213 Å². The number of aryl methyl sites for hydroxylation is 2. The number of hydrogen-bond donors (Lipinski definition) is 0. The third-order valence-corrected chi connectivity index (χ3v) is 6.64. The molecule has 0 saturated carbocycles. The second-order valence-electron chi connectivity index (χ2n) is 9.44. The third-order valence-electron chi connectivity index (χ3n) is 6.64. The Balaban J connectivity index is 2.29. The minimum Gasteiger partial charge on any atom is -0.465 e. The Bertz CT molecular complexity index is 1040. The van der Waals surface area contributed by atoms with Crippen LogP contribution in [-0.2, 0) is 41.6 Å². The standard InChI is InChI=1S/C28H38N2O6/c1-7-34-25(31)28(26(32)35-8-2,27(33)36-9-3)21-11-10-12-22-23(21)30(24(29-22)18(4)5)17-20-15-13-19(6)14-16-20/h13-16,18,21H,7-12,17H2,1-6H3. The molecule has 1 aromatic heterocycles. The topological polar surface area (TPSA) is 96.7 Å². The molecule has 0 N–H and O–H groups in total. The molecule has 0 bridgehead atoms.